The van der Waals surface area contributed by atoms with Crippen molar-refractivity contribution in [1.82, 2.24) is 10.2 Å². The lowest BCUT2D eigenvalue weighted by Gasteiger charge is -2.37. The molecule has 186 valence electrons. The van der Waals surface area contributed by atoms with Crippen LogP contribution in [0, 0.1) is 17.8 Å². The van der Waals surface area contributed by atoms with Crippen molar-refractivity contribution in [2.24, 2.45) is 17.8 Å². The van der Waals surface area contributed by atoms with E-state index in [-0.39, 0.29) is 30.9 Å². The third kappa shape index (κ3) is 3.90. The number of fused-ring (bicyclic) bond motifs is 1. The van der Waals surface area contributed by atoms with Crippen molar-refractivity contribution < 1.29 is 29.0 Å². The van der Waals surface area contributed by atoms with Crippen LogP contribution in [0.1, 0.15) is 52.5 Å². The summed E-state index contributed by atoms with van der Waals surface area (Å²) in [5.74, 6) is -2.47. The first-order chi connectivity index (χ1) is 16.2. The molecule has 6 atom stereocenters. The van der Waals surface area contributed by atoms with E-state index in [9.17, 15) is 19.5 Å². The highest BCUT2D eigenvalue weighted by atomic mass is 16.6. The average Bonchev–Trinajstić information content (AvgIpc) is 3.37. The number of hydrogen-bond acceptors (Lipinski definition) is 6. The molecule has 8 heteroatoms. The number of aliphatic hydroxyl groups is 1. The predicted molar refractivity (Wildman–Crippen MR) is 124 cm³/mol. The highest BCUT2D eigenvalue weighted by Gasteiger charge is 2.78. The molecule has 3 heterocycles. The minimum atomic E-state index is -1.12. The van der Waals surface area contributed by atoms with E-state index in [0.717, 1.165) is 5.56 Å². The van der Waals surface area contributed by atoms with Gasteiger partial charge in [-0.15, -0.1) is 0 Å². The number of hydrogen-bond donors (Lipinski definition) is 2. The number of rotatable bonds is 9. The number of nitrogens with one attached hydrogen (secondary N) is 1. The summed E-state index contributed by atoms with van der Waals surface area (Å²) in [5, 5.41) is 13.2. The summed E-state index contributed by atoms with van der Waals surface area (Å²) < 4.78 is 11.9. The van der Waals surface area contributed by atoms with E-state index in [0.29, 0.717) is 25.8 Å². The van der Waals surface area contributed by atoms with Gasteiger partial charge < -0.3 is 24.8 Å². The summed E-state index contributed by atoms with van der Waals surface area (Å²) >= 11 is 0. The van der Waals surface area contributed by atoms with Gasteiger partial charge in [-0.2, -0.15) is 0 Å². The van der Waals surface area contributed by atoms with Gasteiger partial charge in [-0.1, -0.05) is 44.2 Å². The molecule has 4 rings (SSSR count). The van der Waals surface area contributed by atoms with E-state index >= 15 is 0 Å². The van der Waals surface area contributed by atoms with Crippen LogP contribution in [0.25, 0.3) is 0 Å². The molecule has 3 fully saturated rings. The lowest BCUT2D eigenvalue weighted by atomic mass is 9.66. The van der Waals surface area contributed by atoms with Gasteiger partial charge in [0.25, 0.3) is 0 Å². The Morgan fingerprint density at radius 3 is 2.59 bits per heavy atom. The summed E-state index contributed by atoms with van der Waals surface area (Å²) in [4.78, 5) is 42.2. The number of aliphatic hydroxyl groups excluding tert-OH is 1. The number of esters is 1. The van der Waals surface area contributed by atoms with E-state index in [1.54, 1.807) is 6.92 Å². The molecule has 0 aliphatic carbocycles. The molecule has 3 aliphatic rings. The van der Waals surface area contributed by atoms with Gasteiger partial charge in [-0.3, -0.25) is 14.4 Å². The number of benzene rings is 1. The molecular weight excluding hydrogens is 436 g/mol. The van der Waals surface area contributed by atoms with Crippen LogP contribution in [0.4, 0.5) is 0 Å². The minimum absolute atomic E-state index is 0.200. The SMILES string of the molecule is CCOC(=O)[C@@H]1[C@H]2C(=O)N([C@@H](CO)CC(C)C)C(C(=O)NCc3ccccc3)C23CC[C@@]1(C)O3. The smallest absolute Gasteiger partial charge is 0.312 e. The Morgan fingerprint density at radius 2 is 1.97 bits per heavy atom. The van der Waals surface area contributed by atoms with Crippen LogP contribution in [0.5, 0.6) is 0 Å². The van der Waals surface area contributed by atoms with E-state index in [1.165, 1.54) is 4.90 Å². The third-order valence-electron chi connectivity index (χ3n) is 7.66. The van der Waals surface area contributed by atoms with Crippen LogP contribution >= 0.6 is 0 Å². The molecule has 2 unspecified atom stereocenters. The molecule has 0 saturated carbocycles. The van der Waals surface area contributed by atoms with Crippen molar-refractivity contribution in [3.63, 3.8) is 0 Å². The summed E-state index contributed by atoms with van der Waals surface area (Å²) in [5.41, 5.74) is -1.03. The summed E-state index contributed by atoms with van der Waals surface area (Å²) in [6.07, 6.45) is 1.59. The fourth-order valence-corrected chi connectivity index (χ4v) is 6.35. The van der Waals surface area contributed by atoms with Crippen molar-refractivity contribution in [2.45, 2.75) is 76.8 Å². The molecule has 8 nitrogen and oxygen atoms in total. The molecule has 1 aromatic rings. The fraction of sp³-hybridized carbons (Fsp3) is 0.654. The maximum Gasteiger partial charge on any atom is 0.312 e. The zero-order chi connectivity index (χ0) is 24.7. The summed E-state index contributed by atoms with van der Waals surface area (Å²) in [6, 6.07) is 8.08. The molecule has 3 saturated heterocycles. The van der Waals surface area contributed by atoms with Crippen molar-refractivity contribution >= 4 is 17.8 Å². The van der Waals surface area contributed by atoms with E-state index in [2.05, 4.69) is 5.32 Å². The largest absolute Gasteiger partial charge is 0.466 e. The second-order valence-corrected chi connectivity index (χ2v) is 10.4. The molecule has 1 spiro atoms. The maximum absolute atomic E-state index is 14.0. The first-order valence-corrected chi connectivity index (χ1v) is 12.3. The van der Waals surface area contributed by atoms with Gasteiger partial charge >= 0.3 is 5.97 Å². The number of ether oxygens (including phenoxy) is 2. The van der Waals surface area contributed by atoms with Crippen LogP contribution in [0.3, 0.4) is 0 Å². The molecule has 3 aliphatic heterocycles. The van der Waals surface area contributed by atoms with E-state index in [4.69, 9.17) is 9.47 Å². The lowest BCUT2D eigenvalue weighted by molar-refractivity contribution is -0.160. The van der Waals surface area contributed by atoms with Gasteiger partial charge in [0.15, 0.2) is 0 Å². The van der Waals surface area contributed by atoms with Gasteiger partial charge in [0.05, 0.1) is 30.8 Å². The van der Waals surface area contributed by atoms with Gasteiger partial charge in [0.2, 0.25) is 11.8 Å². The minimum Gasteiger partial charge on any atom is -0.466 e. The van der Waals surface area contributed by atoms with Crippen LogP contribution in [0.15, 0.2) is 30.3 Å². The monoisotopic (exact) mass is 472 g/mol. The normalized spacial score (nSPS) is 32.7. The molecule has 0 radical (unpaired) electrons. The van der Waals surface area contributed by atoms with Crippen LogP contribution in [-0.4, -0.2) is 64.3 Å². The van der Waals surface area contributed by atoms with Crippen molar-refractivity contribution in [3.8, 4) is 0 Å². The second kappa shape index (κ2) is 9.30. The molecule has 2 amide bonds. The Labute approximate surface area is 201 Å². The molecule has 1 aromatic carbocycles. The number of amides is 2. The van der Waals surface area contributed by atoms with Gasteiger partial charge in [0.1, 0.15) is 17.6 Å². The fourth-order valence-electron chi connectivity index (χ4n) is 6.35. The quantitative estimate of drug-likeness (QED) is 0.533. The Hall–Kier alpha value is -2.45. The lowest BCUT2D eigenvalue weighted by Crippen LogP contribution is -2.58. The van der Waals surface area contributed by atoms with Crippen LogP contribution < -0.4 is 5.32 Å². The van der Waals surface area contributed by atoms with Gasteiger partial charge in [0, 0.05) is 6.54 Å². The molecule has 0 aromatic heterocycles. The molecule has 2 N–H and O–H groups in total. The van der Waals surface area contributed by atoms with E-state index < -0.39 is 41.1 Å². The van der Waals surface area contributed by atoms with E-state index in [1.807, 2.05) is 51.1 Å². The van der Waals surface area contributed by atoms with Crippen LogP contribution in [0.2, 0.25) is 0 Å². The average molecular weight is 473 g/mol. The van der Waals surface area contributed by atoms with Gasteiger partial charge in [-0.05, 0) is 44.6 Å². The first kappa shape index (κ1) is 24.7. The zero-order valence-corrected chi connectivity index (χ0v) is 20.5. The topological polar surface area (TPSA) is 105 Å². The molecule has 34 heavy (non-hydrogen) atoms. The molecule has 2 bridgehead atoms. The Balaban J connectivity index is 1.72. The first-order valence-electron chi connectivity index (χ1n) is 12.3. The zero-order valence-electron chi connectivity index (χ0n) is 20.5. The predicted octanol–water partition coefficient (Wildman–Crippen LogP) is 2.04. The highest BCUT2D eigenvalue weighted by molar-refractivity contribution is 5.98. The summed E-state index contributed by atoms with van der Waals surface area (Å²) in [6.45, 7) is 7.85. The summed E-state index contributed by atoms with van der Waals surface area (Å²) in [7, 11) is 0. The third-order valence-corrected chi connectivity index (χ3v) is 7.66. The standard InChI is InChI=1S/C26H36N2O6/c1-5-33-24(32)20-19-23(31)28(18(15-29)13-16(2)3)21(26(19)12-11-25(20,4)34-26)22(30)27-14-17-9-7-6-8-10-17/h6-10,16,18-21,29H,5,11-15H2,1-4H3,(H,27,30)/t18-,19+,20+,21?,25-,26?/m1/s1. The van der Waals surface area contributed by atoms with Crippen molar-refractivity contribution in [3.05, 3.63) is 35.9 Å². The van der Waals surface area contributed by atoms with Crippen molar-refractivity contribution in [2.75, 3.05) is 13.2 Å². The number of carbonyl (C=O) groups is 3. The van der Waals surface area contributed by atoms with Gasteiger partial charge in [-0.25, -0.2) is 0 Å². The number of likely N-dealkylation sites (tertiary alicyclic amines) is 1. The second-order valence-electron chi connectivity index (χ2n) is 10.4. The Morgan fingerprint density at radius 1 is 1.26 bits per heavy atom. The number of carbonyl (C=O) groups excluding carboxylic acids is 3. The Bertz CT molecular complexity index is 936. The number of nitrogens with zero attached hydrogens (tertiary/aromatic N) is 1. The van der Waals surface area contributed by atoms with Crippen LogP contribution in [-0.2, 0) is 30.4 Å². The molecular formula is C26H36N2O6. The Kier molecular flexibility index (Phi) is 6.75. The highest BCUT2D eigenvalue weighted by Crippen LogP contribution is 2.63. The van der Waals surface area contributed by atoms with Crippen molar-refractivity contribution in [1.29, 1.82) is 0 Å². The maximum atomic E-state index is 14.0.